The Labute approximate surface area is 69.0 Å². The van der Waals surface area contributed by atoms with Gasteiger partial charge < -0.3 is 5.11 Å². The van der Waals surface area contributed by atoms with Crippen LogP contribution in [0.2, 0.25) is 0 Å². The van der Waals surface area contributed by atoms with Gasteiger partial charge in [-0.25, -0.2) is 8.78 Å². The summed E-state index contributed by atoms with van der Waals surface area (Å²) in [5, 5.41) is 8.40. The summed E-state index contributed by atoms with van der Waals surface area (Å²) >= 11 is 0. The molecule has 0 aromatic heterocycles. The van der Waals surface area contributed by atoms with Gasteiger partial charge in [-0.05, 0) is 17.7 Å². The van der Waals surface area contributed by atoms with Crippen molar-refractivity contribution >= 4 is 6.08 Å². The summed E-state index contributed by atoms with van der Waals surface area (Å²) in [7, 11) is 0. The second kappa shape index (κ2) is 3.97. The standard InChI is InChI=1S/C9H8F2O/c10-8-4-3-7(2-1-5-12)6-9(8)11/h1-4,6,12H,5H2/b2-1+. The molecular formula is C9H8F2O. The SMILES string of the molecule is OC/C=C/c1ccc(F)c(F)c1. The Kier molecular flexibility index (Phi) is 2.94. The predicted molar refractivity (Wildman–Crippen MR) is 42.5 cm³/mol. The highest BCUT2D eigenvalue weighted by molar-refractivity contribution is 5.49. The minimum atomic E-state index is -0.880. The molecule has 0 bridgehead atoms. The Morgan fingerprint density at radius 2 is 2.00 bits per heavy atom. The normalized spacial score (nSPS) is 10.9. The molecule has 0 radical (unpaired) electrons. The van der Waals surface area contributed by atoms with E-state index in [1.165, 1.54) is 18.2 Å². The van der Waals surface area contributed by atoms with Crippen molar-refractivity contribution in [2.24, 2.45) is 0 Å². The molecule has 3 heteroatoms. The fourth-order valence-electron chi connectivity index (χ4n) is 0.805. The van der Waals surface area contributed by atoms with Gasteiger partial charge in [0.2, 0.25) is 0 Å². The van der Waals surface area contributed by atoms with Crippen LogP contribution in [0.15, 0.2) is 24.3 Å². The van der Waals surface area contributed by atoms with E-state index in [0.29, 0.717) is 5.56 Å². The zero-order valence-electron chi connectivity index (χ0n) is 6.30. The number of halogens is 2. The molecule has 0 amide bonds. The molecule has 0 aliphatic rings. The van der Waals surface area contributed by atoms with Gasteiger partial charge in [0.15, 0.2) is 11.6 Å². The van der Waals surface area contributed by atoms with E-state index in [9.17, 15) is 8.78 Å². The van der Waals surface area contributed by atoms with Crippen LogP contribution in [0.3, 0.4) is 0 Å². The molecule has 1 aromatic rings. The second-order valence-electron chi connectivity index (χ2n) is 2.26. The summed E-state index contributed by atoms with van der Waals surface area (Å²) in [6.45, 7) is -0.112. The summed E-state index contributed by atoms with van der Waals surface area (Å²) in [5.41, 5.74) is 0.531. The van der Waals surface area contributed by atoms with Gasteiger partial charge in [-0.3, -0.25) is 0 Å². The van der Waals surface area contributed by atoms with E-state index in [2.05, 4.69) is 0 Å². The van der Waals surface area contributed by atoms with Crippen LogP contribution in [0.1, 0.15) is 5.56 Å². The maximum absolute atomic E-state index is 12.5. The summed E-state index contributed by atoms with van der Waals surface area (Å²) in [5.74, 6) is -1.74. The Hall–Kier alpha value is -1.22. The molecule has 12 heavy (non-hydrogen) atoms. The fourth-order valence-corrected chi connectivity index (χ4v) is 0.805. The molecule has 0 atom stereocenters. The minimum Gasteiger partial charge on any atom is -0.392 e. The molecule has 0 aliphatic carbocycles. The lowest BCUT2D eigenvalue weighted by Gasteiger charge is -1.94. The lowest BCUT2D eigenvalue weighted by atomic mass is 10.2. The summed E-state index contributed by atoms with van der Waals surface area (Å²) < 4.78 is 24.9. The van der Waals surface area contributed by atoms with Crippen molar-refractivity contribution in [3.05, 3.63) is 41.5 Å². The van der Waals surface area contributed by atoms with E-state index < -0.39 is 11.6 Å². The smallest absolute Gasteiger partial charge is 0.159 e. The summed E-state index contributed by atoms with van der Waals surface area (Å²) in [4.78, 5) is 0. The van der Waals surface area contributed by atoms with Crippen LogP contribution in [0, 0.1) is 11.6 Å². The average molecular weight is 170 g/mol. The van der Waals surface area contributed by atoms with Gasteiger partial charge >= 0.3 is 0 Å². The largest absolute Gasteiger partial charge is 0.392 e. The van der Waals surface area contributed by atoms with Crippen LogP contribution in [0.25, 0.3) is 6.08 Å². The third kappa shape index (κ3) is 2.13. The monoisotopic (exact) mass is 170 g/mol. The average Bonchev–Trinajstić information content (AvgIpc) is 2.07. The molecule has 1 aromatic carbocycles. The van der Waals surface area contributed by atoms with Crippen molar-refractivity contribution < 1.29 is 13.9 Å². The number of rotatable bonds is 2. The molecule has 0 heterocycles. The molecule has 0 fully saturated rings. The van der Waals surface area contributed by atoms with Gasteiger partial charge in [0.05, 0.1) is 6.61 Å². The van der Waals surface area contributed by atoms with Crippen molar-refractivity contribution in [2.45, 2.75) is 0 Å². The summed E-state index contributed by atoms with van der Waals surface area (Å²) in [6.07, 6.45) is 2.97. The lowest BCUT2D eigenvalue weighted by molar-refractivity contribution is 0.343. The number of aliphatic hydroxyl groups is 1. The zero-order chi connectivity index (χ0) is 8.97. The second-order valence-corrected chi connectivity index (χ2v) is 2.26. The van der Waals surface area contributed by atoms with Crippen LogP contribution in [0.4, 0.5) is 8.78 Å². The third-order valence-electron chi connectivity index (χ3n) is 1.36. The maximum Gasteiger partial charge on any atom is 0.159 e. The number of hydrogen-bond acceptors (Lipinski definition) is 1. The molecular weight excluding hydrogens is 162 g/mol. The number of benzene rings is 1. The van der Waals surface area contributed by atoms with Crippen molar-refractivity contribution in [3.63, 3.8) is 0 Å². The first-order chi connectivity index (χ1) is 5.74. The molecule has 0 saturated heterocycles. The van der Waals surface area contributed by atoms with Crippen LogP contribution < -0.4 is 0 Å². The van der Waals surface area contributed by atoms with E-state index in [1.807, 2.05) is 0 Å². The Balaban J connectivity index is 2.89. The molecule has 0 aliphatic heterocycles. The van der Waals surface area contributed by atoms with E-state index >= 15 is 0 Å². The number of aliphatic hydroxyl groups excluding tert-OH is 1. The molecule has 64 valence electrons. The highest BCUT2D eigenvalue weighted by atomic mass is 19.2. The van der Waals surface area contributed by atoms with Crippen LogP contribution in [-0.4, -0.2) is 11.7 Å². The highest BCUT2D eigenvalue weighted by Crippen LogP contribution is 2.09. The Morgan fingerprint density at radius 3 is 2.58 bits per heavy atom. The molecule has 1 N–H and O–H groups in total. The zero-order valence-corrected chi connectivity index (χ0v) is 6.30. The topological polar surface area (TPSA) is 20.2 Å². The molecule has 1 rings (SSSR count). The van der Waals surface area contributed by atoms with Crippen LogP contribution in [0.5, 0.6) is 0 Å². The Bertz CT molecular complexity index is 295. The van der Waals surface area contributed by atoms with Gasteiger partial charge in [-0.1, -0.05) is 18.2 Å². The van der Waals surface area contributed by atoms with E-state index in [0.717, 1.165) is 12.1 Å². The predicted octanol–water partition coefficient (Wildman–Crippen LogP) is 1.97. The lowest BCUT2D eigenvalue weighted by Crippen LogP contribution is -1.83. The van der Waals surface area contributed by atoms with Crippen molar-refractivity contribution in [2.75, 3.05) is 6.61 Å². The van der Waals surface area contributed by atoms with Crippen molar-refractivity contribution in [3.8, 4) is 0 Å². The minimum absolute atomic E-state index is 0.112. The third-order valence-corrected chi connectivity index (χ3v) is 1.36. The van der Waals surface area contributed by atoms with Gasteiger partial charge in [0, 0.05) is 0 Å². The molecule has 0 unspecified atom stereocenters. The fraction of sp³-hybridized carbons (Fsp3) is 0.111. The van der Waals surface area contributed by atoms with E-state index in [4.69, 9.17) is 5.11 Å². The first kappa shape index (κ1) is 8.87. The molecule has 0 saturated carbocycles. The quantitative estimate of drug-likeness (QED) is 0.719. The van der Waals surface area contributed by atoms with Gasteiger partial charge in [-0.15, -0.1) is 0 Å². The van der Waals surface area contributed by atoms with Crippen LogP contribution >= 0.6 is 0 Å². The van der Waals surface area contributed by atoms with Crippen LogP contribution in [-0.2, 0) is 0 Å². The van der Waals surface area contributed by atoms with Crippen molar-refractivity contribution in [1.82, 2.24) is 0 Å². The Morgan fingerprint density at radius 1 is 1.25 bits per heavy atom. The first-order valence-electron chi connectivity index (χ1n) is 3.46. The van der Waals surface area contributed by atoms with Crippen molar-refractivity contribution in [1.29, 1.82) is 0 Å². The molecule has 1 nitrogen and oxygen atoms in total. The van der Waals surface area contributed by atoms with Gasteiger partial charge in [0.25, 0.3) is 0 Å². The maximum atomic E-state index is 12.5. The van der Waals surface area contributed by atoms with E-state index in [1.54, 1.807) is 0 Å². The first-order valence-corrected chi connectivity index (χ1v) is 3.46. The highest BCUT2D eigenvalue weighted by Gasteiger charge is 1.99. The number of hydrogen-bond donors (Lipinski definition) is 1. The van der Waals surface area contributed by atoms with Gasteiger partial charge in [-0.2, -0.15) is 0 Å². The summed E-state index contributed by atoms with van der Waals surface area (Å²) in [6, 6.07) is 3.55. The molecule has 0 spiro atoms. The van der Waals surface area contributed by atoms with E-state index in [-0.39, 0.29) is 6.61 Å². The van der Waals surface area contributed by atoms with Gasteiger partial charge in [0.1, 0.15) is 0 Å².